The maximum absolute atomic E-state index is 11.2. The first kappa shape index (κ1) is 14.6. The number of hydrogen-bond donors (Lipinski definition) is 1. The van der Waals surface area contributed by atoms with Gasteiger partial charge in [0.15, 0.2) is 5.58 Å². The Hall–Kier alpha value is -1.30. The summed E-state index contributed by atoms with van der Waals surface area (Å²) in [5.41, 5.74) is 2.27. The number of aromatic nitrogens is 1. The minimum atomic E-state index is -0.427. The van der Waals surface area contributed by atoms with E-state index in [0.717, 1.165) is 44.8 Å². The Kier molecular flexibility index (Phi) is 4.33. The Morgan fingerprint density at radius 2 is 2.00 bits per heavy atom. The number of H-pyrrole nitrogens is 1. The van der Waals surface area contributed by atoms with E-state index in [4.69, 9.17) is 16.0 Å². The van der Waals surface area contributed by atoms with Crippen molar-refractivity contribution in [2.75, 3.05) is 39.3 Å². The van der Waals surface area contributed by atoms with Gasteiger partial charge in [0, 0.05) is 32.7 Å². The van der Waals surface area contributed by atoms with Gasteiger partial charge in [-0.25, -0.2) is 4.79 Å². The van der Waals surface area contributed by atoms with Gasteiger partial charge in [-0.2, -0.15) is 0 Å². The summed E-state index contributed by atoms with van der Waals surface area (Å²) in [4.78, 5) is 18.6. The predicted molar refractivity (Wildman–Crippen MR) is 84.0 cm³/mol. The molecule has 6 heteroatoms. The topological polar surface area (TPSA) is 52.5 Å². The van der Waals surface area contributed by atoms with E-state index >= 15 is 0 Å². The number of likely N-dealkylation sites (N-methyl/N-ethyl adjacent to an activating group) is 1. The zero-order valence-electron chi connectivity index (χ0n) is 12.1. The van der Waals surface area contributed by atoms with Gasteiger partial charge in [0.1, 0.15) is 0 Å². The van der Waals surface area contributed by atoms with E-state index in [-0.39, 0.29) is 5.38 Å². The molecule has 5 nitrogen and oxygen atoms in total. The normalized spacial score (nSPS) is 19.1. The number of halogens is 1. The monoisotopic (exact) mass is 309 g/mol. The average Bonchev–Trinajstić information content (AvgIpc) is 2.87. The molecule has 0 spiro atoms. The van der Waals surface area contributed by atoms with Crippen LogP contribution in [0.3, 0.4) is 0 Å². The van der Waals surface area contributed by atoms with Gasteiger partial charge in [-0.1, -0.05) is 13.0 Å². The largest absolute Gasteiger partial charge is 0.417 e. The van der Waals surface area contributed by atoms with E-state index in [1.165, 1.54) is 0 Å². The minimum absolute atomic E-state index is 0.0946. The van der Waals surface area contributed by atoms with Gasteiger partial charge < -0.3 is 9.32 Å². The molecular formula is C15H20ClN3O2. The van der Waals surface area contributed by atoms with Crippen LogP contribution in [0.2, 0.25) is 0 Å². The Labute approximate surface area is 128 Å². The molecule has 0 aliphatic carbocycles. The number of hydrogen-bond acceptors (Lipinski definition) is 4. The van der Waals surface area contributed by atoms with Crippen LogP contribution in [0.5, 0.6) is 0 Å². The fourth-order valence-corrected chi connectivity index (χ4v) is 3.11. The molecule has 1 aliphatic rings. The molecule has 1 fully saturated rings. The smallest absolute Gasteiger partial charge is 0.408 e. The highest BCUT2D eigenvalue weighted by molar-refractivity contribution is 6.21. The Bertz CT molecular complexity index is 658. The van der Waals surface area contributed by atoms with E-state index in [0.29, 0.717) is 11.1 Å². The maximum atomic E-state index is 11.2. The van der Waals surface area contributed by atoms with Crippen molar-refractivity contribution in [3.63, 3.8) is 0 Å². The second-order valence-corrected chi connectivity index (χ2v) is 6.00. The van der Waals surface area contributed by atoms with Crippen LogP contribution in [0, 0.1) is 0 Å². The number of fused-ring (bicyclic) bond motifs is 1. The lowest BCUT2D eigenvalue weighted by Crippen LogP contribution is -2.46. The predicted octanol–water partition coefficient (Wildman–Crippen LogP) is 2.04. The SMILES string of the molecule is CCN1CCN(CC(Cl)c2ccc3[nH]c(=O)oc3c2)CC1. The Morgan fingerprint density at radius 3 is 2.71 bits per heavy atom. The molecule has 3 rings (SSSR count). The number of alkyl halides is 1. The van der Waals surface area contributed by atoms with Crippen molar-refractivity contribution >= 4 is 22.7 Å². The van der Waals surface area contributed by atoms with Crippen LogP contribution < -0.4 is 5.76 Å². The van der Waals surface area contributed by atoms with Crippen molar-refractivity contribution < 1.29 is 4.42 Å². The molecule has 2 heterocycles. The number of rotatable bonds is 4. The molecule has 1 unspecified atom stereocenters. The summed E-state index contributed by atoms with van der Waals surface area (Å²) < 4.78 is 5.09. The number of oxazole rings is 1. The molecule has 1 aliphatic heterocycles. The van der Waals surface area contributed by atoms with Gasteiger partial charge in [-0.3, -0.25) is 9.88 Å². The molecule has 0 radical (unpaired) electrons. The van der Waals surface area contributed by atoms with Crippen molar-refractivity contribution in [2.45, 2.75) is 12.3 Å². The molecule has 1 aromatic carbocycles. The van der Waals surface area contributed by atoms with Gasteiger partial charge in [0.2, 0.25) is 0 Å². The molecule has 2 aromatic rings. The van der Waals surface area contributed by atoms with Crippen LogP contribution in [0.4, 0.5) is 0 Å². The van der Waals surface area contributed by atoms with E-state index in [2.05, 4.69) is 21.7 Å². The third-order valence-corrected chi connectivity index (χ3v) is 4.53. The first-order valence-electron chi connectivity index (χ1n) is 7.37. The molecule has 0 saturated carbocycles. The van der Waals surface area contributed by atoms with E-state index < -0.39 is 5.76 Å². The molecule has 1 saturated heterocycles. The number of nitrogens with zero attached hydrogens (tertiary/aromatic N) is 2. The average molecular weight is 310 g/mol. The molecular weight excluding hydrogens is 290 g/mol. The zero-order chi connectivity index (χ0) is 14.8. The van der Waals surface area contributed by atoms with Crippen molar-refractivity contribution in [1.82, 2.24) is 14.8 Å². The van der Waals surface area contributed by atoms with Gasteiger partial charge in [-0.15, -0.1) is 11.6 Å². The van der Waals surface area contributed by atoms with Crippen LogP contribution in [0.15, 0.2) is 27.4 Å². The van der Waals surface area contributed by atoms with Crippen LogP contribution >= 0.6 is 11.6 Å². The molecule has 1 aromatic heterocycles. The lowest BCUT2D eigenvalue weighted by atomic mass is 10.1. The van der Waals surface area contributed by atoms with Crippen LogP contribution in [0.25, 0.3) is 11.1 Å². The van der Waals surface area contributed by atoms with Gasteiger partial charge in [0.05, 0.1) is 10.9 Å². The summed E-state index contributed by atoms with van der Waals surface area (Å²) in [6.45, 7) is 8.44. The highest BCUT2D eigenvalue weighted by Gasteiger charge is 2.19. The maximum Gasteiger partial charge on any atom is 0.417 e. The molecule has 0 bridgehead atoms. The number of piperazine rings is 1. The van der Waals surface area contributed by atoms with Crippen LogP contribution in [-0.2, 0) is 0 Å². The fraction of sp³-hybridized carbons (Fsp3) is 0.533. The summed E-state index contributed by atoms with van der Waals surface area (Å²) in [5.74, 6) is -0.427. The van der Waals surface area contributed by atoms with Crippen molar-refractivity contribution in [2.24, 2.45) is 0 Å². The summed E-state index contributed by atoms with van der Waals surface area (Å²) >= 11 is 6.53. The molecule has 0 amide bonds. The second-order valence-electron chi connectivity index (χ2n) is 5.47. The lowest BCUT2D eigenvalue weighted by Gasteiger charge is -2.34. The third-order valence-electron chi connectivity index (χ3n) is 4.14. The first-order chi connectivity index (χ1) is 10.2. The zero-order valence-corrected chi connectivity index (χ0v) is 12.9. The first-order valence-corrected chi connectivity index (χ1v) is 7.81. The fourth-order valence-electron chi connectivity index (χ4n) is 2.78. The lowest BCUT2D eigenvalue weighted by molar-refractivity contribution is 0.137. The Morgan fingerprint density at radius 1 is 1.29 bits per heavy atom. The molecule has 21 heavy (non-hydrogen) atoms. The van der Waals surface area contributed by atoms with E-state index in [9.17, 15) is 4.79 Å². The molecule has 1 atom stereocenters. The quantitative estimate of drug-likeness (QED) is 0.878. The highest BCUT2D eigenvalue weighted by atomic mass is 35.5. The van der Waals surface area contributed by atoms with Crippen LogP contribution in [0.1, 0.15) is 17.9 Å². The van der Waals surface area contributed by atoms with Crippen LogP contribution in [-0.4, -0.2) is 54.1 Å². The summed E-state index contributed by atoms with van der Waals surface area (Å²) in [6, 6.07) is 5.65. The standard InChI is InChI=1S/C15H20ClN3O2/c1-2-18-5-7-19(8-6-18)10-12(16)11-3-4-13-14(9-11)21-15(20)17-13/h3-4,9,12H,2,5-8,10H2,1H3,(H,17,20). The van der Waals surface area contributed by atoms with Crippen molar-refractivity contribution in [3.05, 3.63) is 34.3 Å². The van der Waals surface area contributed by atoms with Gasteiger partial charge in [0.25, 0.3) is 0 Å². The van der Waals surface area contributed by atoms with Crippen molar-refractivity contribution in [3.8, 4) is 0 Å². The molecule has 114 valence electrons. The van der Waals surface area contributed by atoms with Gasteiger partial charge >= 0.3 is 5.76 Å². The number of aromatic amines is 1. The van der Waals surface area contributed by atoms with E-state index in [1.807, 2.05) is 18.2 Å². The summed E-state index contributed by atoms with van der Waals surface area (Å²) in [5, 5.41) is -0.0946. The summed E-state index contributed by atoms with van der Waals surface area (Å²) in [6.07, 6.45) is 0. The third kappa shape index (κ3) is 3.31. The second kappa shape index (κ2) is 6.22. The van der Waals surface area contributed by atoms with Crippen molar-refractivity contribution in [1.29, 1.82) is 0 Å². The highest BCUT2D eigenvalue weighted by Crippen LogP contribution is 2.25. The molecule has 1 N–H and O–H groups in total. The van der Waals surface area contributed by atoms with Gasteiger partial charge in [-0.05, 0) is 24.2 Å². The minimum Gasteiger partial charge on any atom is -0.408 e. The number of benzene rings is 1. The Balaban J connectivity index is 1.66. The number of nitrogens with one attached hydrogen (secondary N) is 1. The van der Waals surface area contributed by atoms with E-state index in [1.54, 1.807) is 0 Å². The summed E-state index contributed by atoms with van der Waals surface area (Å²) in [7, 11) is 0.